The van der Waals surface area contributed by atoms with E-state index in [2.05, 4.69) is 12.1 Å². The van der Waals surface area contributed by atoms with Crippen LogP contribution in [0.25, 0.3) is 11.3 Å². The fourth-order valence-corrected chi connectivity index (χ4v) is 1.89. The Morgan fingerprint density at radius 1 is 1.18 bits per heavy atom. The molecule has 3 heteroatoms. The molecule has 0 saturated heterocycles. The summed E-state index contributed by atoms with van der Waals surface area (Å²) in [5.74, 6) is 0.721. The number of unbranched alkanes of at least 4 members (excludes halogenated alkanes) is 2. The van der Waals surface area contributed by atoms with Crippen LogP contribution in [-0.4, -0.2) is 10.3 Å². The molecule has 0 aliphatic rings. The molecule has 0 aliphatic carbocycles. The van der Waals surface area contributed by atoms with Crippen LogP contribution in [0.4, 0.5) is 0 Å². The van der Waals surface area contributed by atoms with Crippen molar-refractivity contribution in [2.75, 3.05) is 0 Å². The maximum atomic E-state index is 9.69. The monoisotopic (exact) mass is 231 g/mol. The van der Waals surface area contributed by atoms with E-state index in [1.54, 1.807) is 0 Å². The van der Waals surface area contributed by atoms with E-state index in [4.69, 9.17) is 4.52 Å². The fourth-order valence-electron chi connectivity index (χ4n) is 1.89. The van der Waals surface area contributed by atoms with Gasteiger partial charge in [-0.2, -0.15) is 0 Å². The van der Waals surface area contributed by atoms with Crippen molar-refractivity contribution in [3.8, 4) is 17.2 Å². The number of benzene rings is 1. The zero-order valence-corrected chi connectivity index (χ0v) is 10.0. The molecule has 0 saturated carbocycles. The summed E-state index contributed by atoms with van der Waals surface area (Å²) in [6, 6.07) is 9.78. The average Bonchev–Trinajstić information content (AvgIpc) is 2.73. The Bertz CT molecular complexity index is 462. The molecule has 1 heterocycles. The van der Waals surface area contributed by atoms with Gasteiger partial charge >= 0.3 is 0 Å². The second-order valence-corrected chi connectivity index (χ2v) is 4.14. The van der Waals surface area contributed by atoms with E-state index in [0.717, 1.165) is 36.8 Å². The molecule has 17 heavy (non-hydrogen) atoms. The Kier molecular flexibility index (Phi) is 3.81. The van der Waals surface area contributed by atoms with Crippen LogP contribution >= 0.6 is 0 Å². The average molecular weight is 231 g/mol. The largest absolute Gasteiger partial charge is 0.491 e. The number of hydrogen-bond acceptors (Lipinski definition) is 3. The van der Waals surface area contributed by atoms with Crippen LogP contribution in [0.5, 0.6) is 5.88 Å². The topological polar surface area (TPSA) is 46.3 Å². The van der Waals surface area contributed by atoms with Gasteiger partial charge in [-0.05, 0) is 18.0 Å². The summed E-state index contributed by atoms with van der Waals surface area (Å²) >= 11 is 0. The normalized spacial score (nSPS) is 10.6. The Balaban J connectivity index is 2.23. The quantitative estimate of drug-likeness (QED) is 0.796. The third-order valence-corrected chi connectivity index (χ3v) is 2.83. The highest BCUT2D eigenvalue weighted by molar-refractivity contribution is 5.62. The number of hydrogen-bond donors (Lipinski definition) is 1. The van der Waals surface area contributed by atoms with Gasteiger partial charge in [-0.1, -0.05) is 50.1 Å². The van der Waals surface area contributed by atoms with Gasteiger partial charge < -0.3 is 9.63 Å². The highest BCUT2D eigenvalue weighted by Crippen LogP contribution is 2.31. The molecule has 1 N–H and O–H groups in total. The summed E-state index contributed by atoms with van der Waals surface area (Å²) in [5.41, 5.74) is 1.79. The van der Waals surface area contributed by atoms with E-state index >= 15 is 0 Å². The minimum Gasteiger partial charge on any atom is -0.491 e. The summed E-state index contributed by atoms with van der Waals surface area (Å²) in [6.07, 6.45) is 4.17. The molecular formula is C14H17NO2. The first kappa shape index (κ1) is 11.7. The van der Waals surface area contributed by atoms with E-state index in [9.17, 15) is 5.11 Å². The third-order valence-electron chi connectivity index (χ3n) is 2.83. The predicted molar refractivity (Wildman–Crippen MR) is 66.8 cm³/mol. The maximum Gasteiger partial charge on any atom is 0.255 e. The molecule has 0 atom stereocenters. The van der Waals surface area contributed by atoms with Gasteiger partial charge in [0.2, 0.25) is 0 Å². The zero-order chi connectivity index (χ0) is 12.1. The lowest BCUT2D eigenvalue weighted by atomic mass is 10.0. The summed E-state index contributed by atoms with van der Waals surface area (Å²) < 4.78 is 5.21. The summed E-state index contributed by atoms with van der Waals surface area (Å²) in [6.45, 7) is 2.16. The lowest BCUT2D eigenvalue weighted by molar-refractivity contribution is 0.365. The van der Waals surface area contributed by atoms with E-state index in [1.165, 1.54) is 0 Å². The Morgan fingerprint density at radius 2 is 1.94 bits per heavy atom. The van der Waals surface area contributed by atoms with Crippen molar-refractivity contribution >= 4 is 0 Å². The van der Waals surface area contributed by atoms with Crippen molar-refractivity contribution in [1.29, 1.82) is 0 Å². The third kappa shape index (κ3) is 2.67. The minimum atomic E-state index is 0.0277. The van der Waals surface area contributed by atoms with Crippen LogP contribution in [0.1, 0.15) is 31.7 Å². The van der Waals surface area contributed by atoms with Crippen molar-refractivity contribution in [2.24, 2.45) is 0 Å². The van der Waals surface area contributed by atoms with E-state index in [-0.39, 0.29) is 5.88 Å². The summed E-state index contributed by atoms with van der Waals surface area (Å²) in [7, 11) is 0. The van der Waals surface area contributed by atoms with Gasteiger partial charge in [0.25, 0.3) is 5.88 Å². The molecular weight excluding hydrogens is 214 g/mol. The number of aromatic hydroxyl groups is 1. The molecule has 2 rings (SSSR count). The second-order valence-electron chi connectivity index (χ2n) is 4.14. The Morgan fingerprint density at radius 3 is 2.65 bits per heavy atom. The molecule has 1 aromatic carbocycles. The summed E-state index contributed by atoms with van der Waals surface area (Å²) in [5, 5.41) is 13.3. The van der Waals surface area contributed by atoms with Gasteiger partial charge in [-0.15, -0.1) is 0 Å². The fraction of sp³-hybridized carbons (Fsp3) is 0.357. The van der Waals surface area contributed by atoms with Gasteiger partial charge in [0.05, 0.1) is 5.56 Å². The first-order chi connectivity index (χ1) is 8.33. The van der Waals surface area contributed by atoms with Crippen molar-refractivity contribution in [1.82, 2.24) is 5.16 Å². The second kappa shape index (κ2) is 5.53. The molecule has 1 aromatic heterocycles. The highest BCUT2D eigenvalue weighted by Gasteiger charge is 2.16. The molecule has 0 bridgehead atoms. The Labute approximate surface area is 101 Å². The van der Waals surface area contributed by atoms with Gasteiger partial charge in [-0.25, -0.2) is 0 Å². The highest BCUT2D eigenvalue weighted by atomic mass is 16.5. The molecule has 0 unspecified atom stereocenters. The molecule has 3 nitrogen and oxygen atoms in total. The van der Waals surface area contributed by atoms with Crippen LogP contribution in [-0.2, 0) is 6.42 Å². The lowest BCUT2D eigenvalue weighted by Gasteiger charge is -2.01. The maximum absolute atomic E-state index is 9.69. The van der Waals surface area contributed by atoms with Crippen molar-refractivity contribution in [2.45, 2.75) is 32.6 Å². The molecule has 90 valence electrons. The molecule has 0 fully saturated rings. The zero-order valence-electron chi connectivity index (χ0n) is 10.0. The van der Waals surface area contributed by atoms with Crippen LogP contribution in [0, 0.1) is 0 Å². The number of aromatic nitrogens is 1. The first-order valence-corrected chi connectivity index (χ1v) is 6.06. The standard InChI is InChI=1S/C14H17NO2/c1-2-3-5-10-12-13(17-15-14(12)16)11-8-6-4-7-9-11/h4,6-9H,2-3,5,10H2,1H3,(H,15,16). The van der Waals surface area contributed by atoms with Gasteiger partial charge in [0, 0.05) is 5.56 Å². The predicted octanol–water partition coefficient (Wildman–Crippen LogP) is 3.78. The molecule has 0 radical (unpaired) electrons. The molecule has 0 spiro atoms. The van der Waals surface area contributed by atoms with Gasteiger partial charge in [0.1, 0.15) is 0 Å². The minimum absolute atomic E-state index is 0.0277. The van der Waals surface area contributed by atoms with Crippen LogP contribution in [0.15, 0.2) is 34.9 Å². The molecule has 2 aromatic rings. The van der Waals surface area contributed by atoms with Crippen LogP contribution < -0.4 is 0 Å². The smallest absolute Gasteiger partial charge is 0.255 e. The Hall–Kier alpha value is -1.77. The SMILES string of the molecule is CCCCCc1c(O)noc1-c1ccccc1. The number of rotatable bonds is 5. The lowest BCUT2D eigenvalue weighted by Crippen LogP contribution is -1.87. The van der Waals surface area contributed by atoms with E-state index in [0.29, 0.717) is 5.76 Å². The van der Waals surface area contributed by atoms with Crippen molar-refractivity contribution in [3.05, 3.63) is 35.9 Å². The first-order valence-electron chi connectivity index (χ1n) is 6.06. The van der Waals surface area contributed by atoms with E-state index in [1.807, 2.05) is 30.3 Å². The number of nitrogens with zero attached hydrogens (tertiary/aromatic N) is 1. The van der Waals surface area contributed by atoms with Crippen LogP contribution in [0.3, 0.4) is 0 Å². The molecule has 0 amide bonds. The van der Waals surface area contributed by atoms with Gasteiger partial charge in [0.15, 0.2) is 5.76 Å². The molecule has 0 aliphatic heterocycles. The van der Waals surface area contributed by atoms with Gasteiger partial charge in [-0.3, -0.25) is 0 Å². The van der Waals surface area contributed by atoms with Crippen LogP contribution in [0.2, 0.25) is 0 Å². The van der Waals surface area contributed by atoms with E-state index < -0.39 is 0 Å². The van der Waals surface area contributed by atoms with Crippen molar-refractivity contribution < 1.29 is 9.63 Å². The van der Waals surface area contributed by atoms with Crippen molar-refractivity contribution in [3.63, 3.8) is 0 Å². The summed E-state index contributed by atoms with van der Waals surface area (Å²) in [4.78, 5) is 0.